The van der Waals surface area contributed by atoms with Gasteiger partial charge in [-0.15, -0.1) is 11.3 Å². The fourth-order valence-electron chi connectivity index (χ4n) is 4.37. The van der Waals surface area contributed by atoms with Crippen molar-refractivity contribution in [2.45, 2.75) is 37.5 Å². The van der Waals surface area contributed by atoms with Crippen molar-refractivity contribution >= 4 is 33.4 Å². The van der Waals surface area contributed by atoms with Crippen LogP contribution < -0.4 is 15.4 Å². The van der Waals surface area contributed by atoms with E-state index in [4.69, 9.17) is 4.74 Å². The minimum absolute atomic E-state index is 0.00953. The van der Waals surface area contributed by atoms with Gasteiger partial charge in [-0.05, 0) is 36.2 Å². The number of ether oxygens (including phenoxy) is 1. The van der Waals surface area contributed by atoms with E-state index in [1.54, 1.807) is 23.3 Å². The van der Waals surface area contributed by atoms with Gasteiger partial charge < -0.3 is 20.3 Å². The van der Waals surface area contributed by atoms with E-state index in [1.165, 1.54) is 4.70 Å². The maximum atomic E-state index is 13.1. The molecule has 2 aromatic carbocycles. The van der Waals surface area contributed by atoms with Gasteiger partial charge in [0.2, 0.25) is 11.8 Å². The number of nitrogens with one attached hydrogen (secondary N) is 2. The van der Waals surface area contributed by atoms with Crippen LogP contribution in [-0.2, 0) is 22.6 Å². The van der Waals surface area contributed by atoms with E-state index < -0.39 is 12.1 Å². The van der Waals surface area contributed by atoms with Crippen LogP contribution in [0.4, 0.5) is 0 Å². The quantitative estimate of drug-likeness (QED) is 0.618. The Labute approximate surface area is 184 Å². The molecule has 5 rings (SSSR count). The van der Waals surface area contributed by atoms with E-state index in [0.29, 0.717) is 25.9 Å². The number of hydrogen-bond donors (Lipinski definition) is 2. The van der Waals surface area contributed by atoms with Gasteiger partial charge in [-0.3, -0.25) is 9.59 Å². The first kappa shape index (κ1) is 20.0. The molecule has 31 heavy (non-hydrogen) atoms. The highest BCUT2D eigenvalue weighted by atomic mass is 32.1. The number of aromatic nitrogens is 1. The summed E-state index contributed by atoms with van der Waals surface area (Å²) in [5.41, 5.74) is 1.99. The molecule has 160 valence electrons. The van der Waals surface area contributed by atoms with Gasteiger partial charge in [0.25, 0.3) is 0 Å². The largest absolute Gasteiger partial charge is 0.497 e. The summed E-state index contributed by atoms with van der Waals surface area (Å²) >= 11 is 1.67. The average molecular weight is 437 g/mol. The summed E-state index contributed by atoms with van der Waals surface area (Å²) in [7, 11) is 1.62. The Kier molecular flexibility index (Phi) is 5.33. The van der Waals surface area contributed by atoms with E-state index >= 15 is 0 Å². The molecule has 7 nitrogen and oxygen atoms in total. The van der Waals surface area contributed by atoms with Crippen LogP contribution in [0.5, 0.6) is 5.75 Å². The molecule has 0 unspecified atom stereocenters. The zero-order chi connectivity index (χ0) is 21.4. The predicted molar refractivity (Wildman–Crippen MR) is 119 cm³/mol. The Morgan fingerprint density at radius 1 is 1.19 bits per heavy atom. The SMILES string of the molecule is COc1ccc(C[C@@H]2NC(=O)[C@@H]3C[C@H](NCc4nc5ccccc5s4)CN3C2=O)cc1. The van der Waals surface area contributed by atoms with E-state index in [0.717, 1.165) is 21.8 Å². The number of fused-ring (bicyclic) bond motifs is 2. The Morgan fingerprint density at radius 2 is 2.00 bits per heavy atom. The van der Waals surface area contributed by atoms with Crippen LogP contribution in [0.1, 0.15) is 17.0 Å². The first-order chi connectivity index (χ1) is 15.1. The third-order valence-corrected chi connectivity index (χ3v) is 7.02. The van der Waals surface area contributed by atoms with Crippen LogP contribution in [0, 0.1) is 0 Å². The molecule has 2 saturated heterocycles. The van der Waals surface area contributed by atoms with Crippen LogP contribution in [0.3, 0.4) is 0 Å². The minimum Gasteiger partial charge on any atom is -0.497 e. The van der Waals surface area contributed by atoms with Gasteiger partial charge in [-0.25, -0.2) is 4.98 Å². The van der Waals surface area contributed by atoms with Gasteiger partial charge in [0.05, 0.1) is 17.3 Å². The molecule has 3 atom stereocenters. The van der Waals surface area contributed by atoms with Gasteiger partial charge in [0.1, 0.15) is 22.8 Å². The van der Waals surface area contributed by atoms with Crippen molar-refractivity contribution in [3.8, 4) is 5.75 Å². The van der Waals surface area contributed by atoms with Crippen molar-refractivity contribution in [3.63, 3.8) is 0 Å². The van der Waals surface area contributed by atoms with Gasteiger partial charge in [0.15, 0.2) is 0 Å². The second kappa shape index (κ2) is 8.28. The van der Waals surface area contributed by atoms with Gasteiger partial charge in [-0.1, -0.05) is 24.3 Å². The lowest BCUT2D eigenvalue weighted by Gasteiger charge is -2.34. The number of methoxy groups -OCH3 is 1. The maximum absolute atomic E-state index is 13.1. The molecule has 0 spiro atoms. The second-order valence-corrected chi connectivity index (χ2v) is 9.12. The van der Waals surface area contributed by atoms with Gasteiger partial charge in [0, 0.05) is 25.6 Å². The van der Waals surface area contributed by atoms with Crippen LogP contribution in [0.2, 0.25) is 0 Å². The molecule has 3 heterocycles. The number of thiazole rings is 1. The molecule has 0 bridgehead atoms. The third-order valence-electron chi connectivity index (χ3n) is 5.98. The zero-order valence-electron chi connectivity index (χ0n) is 17.2. The lowest BCUT2D eigenvalue weighted by Crippen LogP contribution is -2.61. The molecule has 0 saturated carbocycles. The van der Waals surface area contributed by atoms with Gasteiger partial charge in [-0.2, -0.15) is 0 Å². The van der Waals surface area contributed by atoms with Crippen molar-refractivity contribution in [1.29, 1.82) is 0 Å². The van der Waals surface area contributed by atoms with Gasteiger partial charge >= 0.3 is 0 Å². The summed E-state index contributed by atoms with van der Waals surface area (Å²) in [6.45, 7) is 1.18. The lowest BCUT2D eigenvalue weighted by atomic mass is 10.0. The normalized spacial score (nSPS) is 23.1. The molecule has 2 aliphatic heterocycles. The van der Waals surface area contributed by atoms with Crippen LogP contribution in [0.25, 0.3) is 10.2 Å². The second-order valence-electron chi connectivity index (χ2n) is 8.01. The summed E-state index contributed by atoms with van der Waals surface area (Å²) < 4.78 is 6.35. The minimum atomic E-state index is -0.528. The first-order valence-corrected chi connectivity index (χ1v) is 11.2. The number of amides is 2. The van der Waals surface area contributed by atoms with Crippen LogP contribution in [-0.4, -0.2) is 53.5 Å². The molecular weight excluding hydrogens is 412 g/mol. The van der Waals surface area contributed by atoms with Crippen LogP contribution in [0.15, 0.2) is 48.5 Å². The van der Waals surface area contributed by atoms with Crippen molar-refractivity contribution in [2.75, 3.05) is 13.7 Å². The Morgan fingerprint density at radius 3 is 2.77 bits per heavy atom. The van der Waals surface area contributed by atoms with E-state index in [2.05, 4.69) is 21.7 Å². The molecule has 8 heteroatoms. The molecular formula is C23H24N4O3S. The smallest absolute Gasteiger partial charge is 0.246 e. The molecule has 1 aromatic heterocycles. The number of hydrogen-bond acceptors (Lipinski definition) is 6. The predicted octanol–water partition coefficient (Wildman–Crippen LogP) is 2.11. The molecule has 2 aliphatic rings. The van der Waals surface area contributed by atoms with Crippen molar-refractivity contribution in [3.05, 3.63) is 59.1 Å². The summed E-state index contributed by atoms with van der Waals surface area (Å²) in [6.07, 6.45) is 1.10. The molecule has 0 radical (unpaired) electrons. The van der Waals surface area contributed by atoms with Crippen molar-refractivity contribution in [1.82, 2.24) is 20.5 Å². The number of carbonyl (C=O) groups is 2. The number of benzene rings is 2. The molecule has 3 aromatic rings. The van der Waals surface area contributed by atoms with E-state index in [-0.39, 0.29) is 17.9 Å². The highest BCUT2D eigenvalue weighted by Crippen LogP contribution is 2.26. The monoisotopic (exact) mass is 436 g/mol. The lowest BCUT2D eigenvalue weighted by molar-refractivity contribution is -0.147. The van der Waals surface area contributed by atoms with Crippen LogP contribution >= 0.6 is 11.3 Å². The highest BCUT2D eigenvalue weighted by molar-refractivity contribution is 7.18. The summed E-state index contributed by atoms with van der Waals surface area (Å²) in [5.74, 6) is 0.691. The number of carbonyl (C=O) groups excluding carboxylic acids is 2. The molecule has 2 fully saturated rings. The number of nitrogens with zero attached hydrogens (tertiary/aromatic N) is 2. The Balaban J connectivity index is 1.22. The molecule has 2 amide bonds. The number of para-hydroxylation sites is 1. The summed E-state index contributed by atoms with van der Waals surface area (Å²) in [5, 5.41) is 7.43. The zero-order valence-corrected chi connectivity index (χ0v) is 18.0. The summed E-state index contributed by atoms with van der Waals surface area (Å²) in [6, 6.07) is 14.8. The highest BCUT2D eigenvalue weighted by Gasteiger charge is 2.46. The first-order valence-electron chi connectivity index (χ1n) is 10.4. The number of rotatable bonds is 6. The Hall–Kier alpha value is -2.97. The van der Waals surface area contributed by atoms with Crippen molar-refractivity contribution in [2.24, 2.45) is 0 Å². The topological polar surface area (TPSA) is 83.6 Å². The number of piperazine rings is 1. The fraction of sp³-hybridized carbons (Fsp3) is 0.348. The molecule has 2 N–H and O–H groups in total. The van der Waals surface area contributed by atoms with E-state index in [9.17, 15) is 9.59 Å². The summed E-state index contributed by atoms with van der Waals surface area (Å²) in [4.78, 5) is 32.2. The molecule has 0 aliphatic carbocycles. The van der Waals surface area contributed by atoms with Crippen molar-refractivity contribution < 1.29 is 14.3 Å². The Bertz CT molecular complexity index is 1080. The maximum Gasteiger partial charge on any atom is 0.246 e. The average Bonchev–Trinajstić information content (AvgIpc) is 3.41. The fourth-order valence-corrected chi connectivity index (χ4v) is 5.29. The van der Waals surface area contributed by atoms with E-state index in [1.807, 2.05) is 42.5 Å². The third kappa shape index (κ3) is 4.00. The standard InChI is InChI=1S/C23H24N4O3S/c1-30-16-8-6-14(7-9-16)10-18-23(29)27-13-15(11-19(27)22(28)26-18)24-12-21-25-17-4-2-3-5-20(17)31-21/h2-9,15,18-19,24H,10-13H2,1H3,(H,26,28)/t15-,18-,19-/m0/s1.